The lowest BCUT2D eigenvalue weighted by Crippen LogP contribution is -2.31. The van der Waals surface area contributed by atoms with Crippen molar-refractivity contribution in [2.24, 2.45) is 5.92 Å². The zero-order valence-corrected chi connectivity index (χ0v) is 17.9. The summed E-state index contributed by atoms with van der Waals surface area (Å²) in [5, 5.41) is 15.7. The molecule has 0 spiro atoms. The number of hydrogen-bond acceptors (Lipinski definition) is 3. The molecule has 3 rings (SSSR count). The molecule has 2 amide bonds. The van der Waals surface area contributed by atoms with Crippen molar-refractivity contribution >= 4 is 22.8 Å². The van der Waals surface area contributed by atoms with Gasteiger partial charge >= 0.3 is 6.09 Å². The molecule has 2 aromatic carbocycles. The molecule has 3 aromatic rings. The van der Waals surface area contributed by atoms with Gasteiger partial charge in [-0.2, -0.15) is 0 Å². The Bertz CT molecular complexity index is 1170. The van der Waals surface area contributed by atoms with Crippen LogP contribution in [0.2, 0.25) is 0 Å². The van der Waals surface area contributed by atoms with Crippen molar-refractivity contribution in [1.82, 2.24) is 15.2 Å². The molecule has 0 bridgehead atoms. The second-order valence-corrected chi connectivity index (χ2v) is 7.95. The van der Waals surface area contributed by atoms with E-state index in [2.05, 4.69) is 10.6 Å². The van der Waals surface area contributed by atoms with E-state index in [1.807, 2.05) is 56.3 Å². The number of aromatic nitrogens is 1. The summed E-state index contributed by atoms with van der Waals surface area (Å²) in [6.07, 6.45) is -1.15. The van der Waals surface area contributed by atoms with E-state index in [1.165, 1.54) is 6.92 Å². The van der Waals surface area contributed by atoms with Crippen LogP contribution < -0.4 is 16.2 Å². The first-order valence-corrected chi connectivity index (χ1v) is 10.2. The molecule has 1 heterocycles. The molecular formula is C24H27N3O4. The van der Waals surface area contributed by atoms with Crippen molar-refractivity contribution in [2.45, 2.75) is 40.4 Å². The van der Waals surface area contributed by atoms with Crippen LogP contribution in [0.4, 0.5) is 4.79 Å². The van der Waals surface area contributed by atoms with Crippen LogP contribution in [0.25, 0.3) is 21.9 Å². The molecule has 31 heavy (non-hydrogen) atoms. The highest BCUT2D eigenvalue weighted by Gasteiger charge is 2.19. The minimum atomic E-state index is -1.15. The van der Waals surface area contributed by atoms with Gasteiger partial charge in [0.15, 0.2) is 0 Å². The molecule has 0 radical (unpaired) electrons. The highest BCUT2D eigenvalue weighted by molar-refractivity contribution is 5.98. The summed E-state index contributed by atoms with van der Waals surface area (Å²) in [6, 6.07) is 15.2. The average molecular weight is 421 g/mol. The Morgan fingerprint density at radius 2 is 1.71 bits per heavy atom. The summed E-state index contributed by atoms with van der Waals surface area (Å²) in [5.41, 5.74) is 3.03. The van der Waals surface area contributed by atoms with E-state index in [1.54, 1.807) is 10.6 Å². The van der Waals surface area contributed by atoms with E-state index in [4.69, 9.17) is 0 Å². The third-order valence-electron chi connectivity index (χ3n) is 5.00. The number of amides is 2. The molecule has 0 aliphatic carbocycles. The number of carboxylic acid groups (broad SMARTS) is 1. The molecule has 1 aromatic heterocycles. The number of hydrogen-bond donors (Lipinski definition) is 3. The number of carbonyl (C=O) groups excluding carboxylic acids is 1. The number of fused-ring (bicyclic) bond motifs is 1. The molecule has 0 aliphatic heterocycles. The van der Waals surface area contributed by atoms with E-state index >= 15 is 0 Å². The molecule has 7 nitrogen and oxygen atoms in total. The van der Waals surface area contributed by atoms with Gasteiger partial charge in [0.05, 0.1) is 6.54 Å². The number of pyridine rings is 1. The Labute approximate surface area is 180 Å². The Balaban J connectivity index is 2.35. The van der Waals surface area contributed by atoms with E-state index in [0.717, 1.165) is 22.1 Å². The van der Waals surface area contributed by atoms with Crippen molar-refractivity contribution in [1.29, 1.82) is 0 Å². The summed E-state index contributed by atoms with van der Waals surface area (Å²) in [4.78, 5) is 36.0. The number of rotatable bonds is 7. The van der Waals surface area contributed by atoms with Gasteiger partial charge in [0, 0.05) is 36.7 Å². The molecule has 0 unspecified atom stereocenters. The lowest BCUT2D eigenvalue weighted by Gasteiger charge is -2.22. The van der Waals surface area contributed by atoms with Crippen LogP contribution in [0.3, 0.4) is 0 Å². The fourth-order valence-corrected chi connectivity index (χ4v) is 3.71. The second-order valence-electron chi connectivity index (χ2n) is 7.95. The molecule has 3 N–H and O–H groups in total. The fraction of sp³-hybridized carbons (Fsp3) is 0.292. The topological polar surface area (TPSA) is 100 Å². The largest absolute Gasteiger partial charge is 0.465 e. The summed E-state index contributed by atoms with van der Waals surface area (Å²) >= 11 is 0. The molecule has 0 fully saturated rings. The van der Waals surface area contributed by atoms with Crippen LogP contribution in [0.5, 0.6) is 0 Å². The van der Waals surface area contributed by atoms with Crippen molar-refractivity contribution < 1.29 is 14.7 Å². The SMILES string of the molecule is CC(=O)NCc1ccc2c(=O)n(CC(C)C)c(CNC(=O)O)c(-c3ccccc3)c2c1. The van der Waals surface area contributed by atoms with Crippen molar-refractivity contribution in [3.63, 3.8) is 0 Å². The van der Waals surface area contributed by atoms with E-state index in [-0.39, 0.29) is 23.9 Å². The quantitative estimate of drug-likeness (QED) is 0.541. The number of nitrogens with one attached hydrogen (secondary N) is 2. The molecule has 162 valence electrons. The first kappa shape index (κ1) is 22.1. The van der Waals surface area contributed by atoms with Gasteiger partial charge in [-0.05, 0) is 34.6 Å². The van der Waals surface area contributed by atoms with Gasteiger partial charge in [-0.25, -0.2) is 4.79 Å². The first-order chi connectivity index (χ1) is 14.8. The van der Waals surface area contributed by atoms with Crippen LogP contribution in [0.15, 0.2) is 53.3 Å². The Morgan fingerprint density at radius 3 is 2.32 bits per heavy atom. The van der Waals surface area contributed by atoms with Gasteiger partial charge in [0.1, 0.15) is 0 Å². The van der Waals surface area contributed by atoms with Gasteiger partial charge < -0.3 is 20.3 Å². The van der Waals surface area contributed by atoms with Gasteiger partial charge in [0.25, 0.3) is 5.56 Å². The molecule has 0 atom stereocenters. The smallest absolute Gasteiger partial charge is 0.404 e. The highest BCUT2D eigenvalue weighted by Crippen LogP contribution is 2.32. The maximum absolute atomic E-state index is 13.4. The van der Waals surface area contributed by atoms with Crippen molar-refractivity contribution in [3.05, 3.63) is 70.1 Å². The third kappa shape index (κ3) is 5.12. The molecule has 7 heteroatoms. The highest BCUT2D eigenvalue weighted by atomic mass is 16.4. The Kier molecular flexibility index (Phi) is 6.74. The van der Waals surface area contributed by atoms with Crippen LogP contribution in [0.1, 0.15) is 32.0 Å². The molecular weight excluding hydrogens is 394 g/mol. The summed E-state index contributed by atoms with van der Waals surface area (Å²) < 4.78 is 1.68. The maximum atomic E-state index is 13.4. The minimum absolute atomic E-state index is 0.00733. The van der Waals surface area contributed by atoms with Crippen LogP contribution in [0, 0.1) is 5.92 Å². The minimum Gasteiger partial charge on any atom is -0.465 e. The first-order valence-electron chi connectivity index (χ1n) is 10.2. The zero-order valence-electron chi connectivity index (χ0n) is 17.9. The summed E-state index contributed by atoms with van der Waals surface area (Å²) in [6.45, 7) is 6.31. The fourth-order valence-electron chi connectivity index (χ4n) is 3.71. The lowest BCUT2D eigenvalue weighted by atomic mass is 9.95. The van der Waals surface area contributed by atoms with Gasteiger partial charge in [0.2, 0.25) is 5.91 Å². The standard InChI is InChI=1S/C24H27N3O4/c1-15(2)14-27-21(13-26-24(30)31)22(18-7-5-4-6-8-18)20-11-17(12-25-16(3)28)9-10-19(20)23(27)29/h4-11,15,26H,12-14H2,1-3H3,(H,25,28)(H,30,31). The van der Waals surface area contributed by atoms with Gasteiger partial charge in [-0.3, -0.25) is 9.59 Å². The summed E-state index contributed by atoms with van der Waals surface area (Å²) in [5.74, 6) is 0.0588. The Morgan fingerprint density at radius 1 is 1.00 bits per heavy atom. The number of nitrogens with zero attached hydrogens (tertiary/aromatic N) is 1. The van der Waals surface area contributed by atoms with Crippen LogP contribution in [-0.4, -0.2) is 21.7 Å². The van der Waals surface area contributed by atoms with Gasteiger partial charge in [-0.15, -0.1) is 0 Å². The van der Waals surface area contributed by atoms with Crippen molar-refractivity contribution in [2.75, 3.05) is 0 Å². The number of benzene rings is 2. The van der Waals surface area contributed by atoms with Crippen molar-refractivity contribution in [3.8, 4) is 11.1 Å². The Hall–Kier alpha value is -3.61. The van der Waals surface area contributed by atoms with E-state index < -0.39 is 6.09 Å². The molecule has 0 aliphatic rings. The second kappa shape index (κ2) is 9.47. The predicted octanol–water partition coefficient (Wildman–Crippen LogP) is 3.73. The maximum Gasteiger partial charge on any atom is 0.404 e. The van der Waals surface area contributed by atoms with E-state index in [9.17, 15) is 19.5 Å². The van der Waals surface area contributed by atoms with Crippen LogP contribution >= 0.6 is 0 Å². The number of carbonyl (C=O) groups is 2. The third-order valence-corrected chi connectivity index (χ3v) is 5.00. The average Bonchev–Trinajstić information content (AvgIpc) is 2.73. The van der Waals surface area contributed by atoms with E-state index in [0.29, 0.717) is 24.2 Å². The zero-order chi connectivity index (χ0) is 22.5. The monoisotopic (exact) mass is 421 g/mol. The van der Waals surface area contributed by atoms with Crippen LogP contribution in [-0.2, 0) is 24.4 Å². The summed E-state index contributed by atoms with van der Waals surface area (Å²) in [7, 11) is 0. The predicted molar refractivity (Wildman–Crippen MR) is 121 cm³/mol. The molecule has 0 saturated carbocycles. The normalized spacial score (nSPS) is 11.0. The van der Waals surface area contributed by atoms with Gasteiger partial charge in [-0.1, -0.05) is 50.2 Å². The lowest BCUT2D eigenvalue weighted by molar-refractivity contribution is -0.119. The molecule has 0 saturated heterocycles.